The third-order valence-corrected chi connectivity index (χ3v) is 2.29. The lowest BCUT2D eigenvalue weighted by molar-refractivity contribution is 0.113. The van der Waals surface area contributed by atoms with E-state index in [0.29, 0.717) is 0 Å². The van der Waals surface area contributed by atoms with Crippen molar-refractivity contribution < 1.29 is 14.3 Å². The van der Waals surface area contributed by atoms with Crippen LogP contribution in [0.15, 0.2) is 24.3 Å². The van der Waals surface area contributed by atoms with E-state index in [1.165, 1.54) is 0 Å². The zero-order valence-corrected chi connectivity index (χ0v) is 10.7. The summed E-state index contributed by atoms with van der Waals surface area (Å²) in [6, 6.07) is 7.47. The normalized spacial score (nSPS) is 12.1. The van der Waals surface area contributed by atoms with E-state index >= 15 is 0 Å². The quantitative estimate of drug-likeness (QED) is 0.875. The smallest absolute Gasteiger partial charge is 0.407 e. The second-order valence-electron chi connectivity index (χ2n) is 4.09. The third kappa shape index (κ3) is 4.34. The van der Waals surface area contributed by atoms with Crippen LogP contribution in [-0.2, 0) is 4.74 Å². The van der Waals surface area contributed by atoms with Gasteiger partial charge in [0.25, 0.3) is 0 Å². The van der Waals surface area contributed by atoms with E-state index in [9.17, 15) is 4.79 Å². The van der Waals surface area contributed by atoms with Crippen LogP contribution in [0.2, 0.25) is 0 Å². The monoisotopic (exact) mass is 237 g/mol. The van der Waals surface area contributed by atoms with E-state index in [4.69, 9.17) is 9.47 Å². The maximum Gasteiger partial charge on any atom is 0.407 e. The lowest BCUT2D eigenvalue weighted by Crippen LogP contribution is -2.29. The van der Waals surface area contributed by atoms with Gasteiger partial charge in [-0.05, 0) is 38.5 Å². The van der Waals surface area contributed by atoms with Gasteiger partial charge >= 0.3 is 6.09 Å². The van der Waals surface area contributed by atoms with Gasteiger partial charge in [0.15, 0.2) is 0 Å². The summed E-state index contributed by atoms with van der Waals surface area (Å²) in [5.74, 6) is 0.797. The number of benzene rings is 1. The zero-order valence-electron chi connectivity index (χ0n) is 10.7. The van der Waals surface area contributed by atoms with Crippen molar-refractivity contribution in [3.05, 3.63) is 29.8 Å². The summed E-state index contributed by atoms with van der Waals surface area (Å²) in [5.41, 5.74) is 1.01. The van der Waals surface area contributed by atoms with Gasteiger partial charge in [-0.25, -0.2) is 4.79 Å². The van der Waals surface area contributed by atoms with E-state index in [0.717, 1.165) is 11.3 Å². The van der Waals surface area contributed by atoms with Crippen LogP contribution in [0.1, 0.15) is 32.4 Å². The van der Waals surface area contributed by atoms with Crippen molar-refractivity contribution >= 4 is 6.09 Å². The Hall–Kier alpha value is -1.71. The molecule has 0 aliphatic carbocycles. The molecule has 0 aromatic heterocycles. The number of rotatable bonds is 4. The summed E-state index contributed by atoms with van der Waals surface area (Å²) in [5, 5.41) is 2.76. The first-order chi connectivity index (χ1) is 8.02. The van der Waals surface area contributed by atoms with Crippen LogP contribution in [0.3, 0.4) is 0 Å². The highest BCUT2D eigenvalue weighted by molar-refractivity contribution is 5.68. The molecule has 0 aliphatic rings. The second kappa shape index (κ2) is 6.13. The van der Waals surface area contributed by atoms with Gasteiger partial charge in [-0.2, -0.15) is 0 Å². The summed E-state index contributed by atoms with van der Waals surface area (Å²) >= 11 is 0. The van der Waals surface area contributed by atoms with E-state index in [1.54, 1.807) is 7.11 Å². The fraction of sp³-hybridized carbons (Fsp3) is 0.462. The first kappa shape index (κ1) is 13.4. The average molecular weight is 237 g/mol. The molecular formula is C13H19NO3. The molecule has 17 heavy (non-hydrogen) atoms. The molecule has 4 nitrogen and oxygen atoms in total. The van der Waals surface area contributed by atoms with Crippen molar-refractivity contribution in [2.24, 2.45) is 0 Å². The van der Waals surface area contributed by atoms with Crippen molar-refractivity contribution in [3.63, 3.8) is 0 Å². The molecule has 1 aromatic carbocycles. The minimum absolute atomic E-state index is 0.0906. The van der Waals surface area contributed by atoms with Crippen LogP contribution in [-0.4, -0.2) is 19.3 Å². The minimum Gasteiger partial charge on any atom is -0.497 e. The number of nitrogens with one attached hydrogen (secondary N) is 1. The van der Waals surface area contributed by atoms with Gasteiger partial charge in [0.2, 0.25) is 0 Å². The molecule has 0 spiro atoms. The summed E-state index contributed by atoms with van der Waals surface area (Å²) in [4.78, 5) is 11.4. The number of ether oxygens (including phenoxy) is 2. The molecule has 0 bridgehead atoms. The number of hydrogen-bond acceptors (Lipinski definition) is 3. The molecule has 0 fully saturated rings. The maximum atomic E-state index is 11.4. The Kier molecular flexibility index (Phi) is 4.82. The third-order valence-electron chi connectivity index (χ3n) is 2.29. The van der Waals surface area contributed by atoms with Crippen molar-refractivity contribution in [2.75, 3.05) is 7.11 Å². The van der Waals surface area contributed by atoms with Crippen LogP contribution in [0, 0.1) is 0 Å². The predicted molar refractivity (Wildman–Crippen MR) is 66.2 cm³/mol. The lowest BCUT2D eigenvalue weighted by atomic mass is 10.1. The highest BCUT2D eigenvalue weighted by Crippen LogP contribution is 2.17. The van der Waals surface area contributed by atoms with Crippen LogP contribution >= 0.6 is 0 Å². The predicted octanol–water partition coefficient (Wildman–Crippen LogP) is 2.89. The Morgan fingerprint density at radius 2 is 1.76 bits per heavy atom. The minimum atomic E-state index is -0.400. The van der Waals surface area contributed by atoms with Gasteiger partial charge in [-0.15, -0.1) is 0 Å². The molecule has 1 rings (SSSR count). The fourth-order valence-electron chi connectivity index (χ4n) is 1.40. The summed E-state index contributed by atoms with van der Waals surface area (Å²) in [6.07, 6.45) is -0.513. The SMILES string of the molecule is COc1ccc(C(C)NC(=O)OC(C)C)cc1. The molecule has 0 aliphatic heterocycles. The van der Waals surface area contributed by atoms with Crippen LogP contribution in [0.25, 0.3) is 0 Å². The van der Waals surface area contributed by atoms with Crippen molar-refractivity contribution in [2.45, 2.75) is 32.9 Å². The highest BCUT2D eigenvalue weighted by Gasteiger charge is 2.11. The van der Waals surface area contributed by atoms with Crippen molar-refractivity contribution in [3.8, 4) is 5.75 Å². The molecule has 0 saturated carbocycles. The zero-order chi connectivity index (χ0) is 12.8. The molecule has 94 valence electrons. The Morgan fingerprint density at radius 3 is 2.24 bits per heavy atom. The Labute approximate surface area is 102 Å². The molecule has 1 aromatic rings. The molecular weight excluding hydrogens is 218 g/mol. The summed E-state index contributed by atoms with van der Waals surface area (Å²) in [7, 11) is 1.62. The van der Waals surface area contributed by atoms with E-state index in [2.05, 4.69) is 5.32 Å². The average Bonchev–Trinajstić information content (AvgIpc) is 2.28. The summed E-state index contributed by atoms with van der Waals surface area (Å²) < 4.78 is 10.1. The first-order valence-corrected chi connectivity index (χ1v) is 5.64. The molecule has 1 unspecified atom stereocenters. The number of alkyl carbamates (subject to hydrolysis) is 1. The summed E-state index contributed by atoms with van der Waals surface area (Å²) in [6.45, 7) is 5.54. The second-order valence-corrected chi connectivity index (χ2v) is 4.09. The Morgan fingerprint density at radius 1 is 1.18 bits per heavy atom. The molecule has 1 atom stereocenters. The van der Waals surface area contributed by atoms with Crippen molar-refractivity contribution in [1.29, 1.82) is 0 Å². The Balaban J connectivity index is 2.56. The molecule has 0 saturated heterocycles. The first-order valence-electron chi connectivity index (χ1n) is 5.64. The van der Waals surface area contributed by atoms with Gasteiger partial charge in [-0.3, -0.25) is 0 Å². The van der Waals surface area contributed by atoms with Gasteiger partial charge < -0.3 is 14.8 Å². The number of carbonyl (C=O) groups excluding carboxylic acids is 1. The van der Waals surface area contributed by atoms with Gasteiger partial charge in [-0.1, -0.05) is 12.1 Å². The number of methoxy groups -OCH3 is 1. The highest BCUT2D eigenvalue weighted by atomic mass is 16.6. The van der Waals surface area contributed by atoms with E-state index < -0.39 is 6.09 Å². The molecule has 1 N–H and O–H groups in total. The Bertz CT molecular complexity index is 359. The molecule has 0 heterocycles. The van der Waals surface area contributed by atoms with E-state index in [1.807, 2.05) is 45.0 Å². The standard InChI is InChI=1S/C13H19NO3/c1-9(2)17-13(15)14-10(3)11-5-7-12(16-4)8-6-11/h5-10H,1-4H3,(H,14,15). The van der Waals surface area contributed by atoms with Crippen LogP contribution in [0.4, 0.5) is 4.79 Å². The molecule has 0 radical (unpaired) electrons. The molecule has 4 heteroatoms. The fourth-order valence-corrected chi connectivity index (χ4v) is 1.40. The topological polar surface area (TPSA) is 47.6 Å². The number of amides is 1. The van der Waals surface area contributed by atoms with Crippen molar-refractivity contribution in [1.82, 2.24) is 5.32 Å². The molecule has 1 amide bonds. The lowest BCUT2D eigenvalue weighted by Gasteiger charge is -2.16. The number of carbonyl (C=O) groups is 1. The van der Waals surface area contributed by atoms with E-state index in [-0.39, 0.29) is 12.1 Å². The largest absolute Gasteiger partial charge is 0.497 e. The van der Waals surface area contributed by atoms with Gasteiger partial charge in [0.05, 0.1) is 19.3 Å². The van der Waals surface area contributed by atoms with Crippen LogP contribution in [0.5, 0.6) is 5.75 Å². The van der Waals surface area contributed by atoms with Gasteiger partial charge in [0.1, 0.15) is 5.75 Å². The van der Waals surface area contributed by atoms with Gasteiger partial charge in [0, 0.05) is 0 Å². The number of hydrogen-bond donors (Lipinski definition) is 1. The maximum absolute atomic E-state index is 11.4. The van der Waals surface area contributed by atoms with Crippen LogP contribution < -0.4 is 10.1 Å².